The van der Waals surface area contributed by atoms with Crippen LogP contribution in [0.3, 0.4) is 0 Å². The first-order valence-corrected chi connectivity index (χ1v) is 8.92. The Labute approximate surface area is 149 Å². The second kappa shape index (κ2) is 6.39. The van der Waals surface area contributed by atoms with Gasteiger partial charge in [0.1, 0.15) is 5.82 Å². The number of hydrogen-bond acceptors (Lipinski definition) is 5. The fourth-order valence-corrected chi connectivity index (χ4v) is 3.58. The van der Waals surface area contributed by atoms with Gasteiger partial charge in [-0.1, -0.05) is 0 Å². The van der Waals surface area contributed by atoms with Crippen molar-refractivity contribution in [1.82, 2.24) is 19.7 Å². The number of pyridine rings is 2. The smallest absolute Gasteiger partial charge is 0.157 e. The largest absolute Gasteiger partial charge is 0.371 e. The molecule has 1 N–H and O–H groups in total. The number of anilines is 2. The molecule has 124 valence electrons. The Morgan fingerprint density at radius 2 is 2.00 bits per heavy atom. The first kappa shape index (κ1) is 15.4. The van der Waals surface area contributed by atoms with Crippen molar-refractivity contribution in [3.05, 3.63) is 41.3 Å². The molecule has 0 radical (unpaired) electrons. The van der Waals surface area contributed by atoms with Crippen molar-refractivity contribution in [3.63, 3.8) is 0 Å². The van der Waals surface area contributed by atoms with Crippen molar-refractivity contribution in [2.75, 3.05) is 30.4 Å². The third-order valence-electron chi connectivity index (χ3n) is 4.59. The molecule has 0 unspecified atom stereocenters. The Balaban J connectivity index is 1.55. The second-order valence-electron chi connectivity index (χ2n) is 5.99. The van der Waals surface area contributed by atoms with Crippen LogP contribution < -0.4 is 10.2 Å². The fourth-order valence-electron chi connectivity index (χ4n) is 3.34. The zero-order valence-electron chi connectivity index (χ0n) is 13.5. The van der Waals surface area contributed by atoms with Gasteiger partial charge in [0.15, 0.2) is 5.82 Å². The summed E-state index contributed by atoms with van der Waals surface area (Å²) in [6.07, 6.45) is 7.68. The molecule has 4 rings (SSSR count). The van der Waals surface area contributed by atoms with Crippen LogP contribution in [0.1, 0.15) is 18.9 Å². The molecule has 0 saturated carbocycles. The molecule has 0 aliphatic carbocycles. The van der Waals surface area contributed by atoms with Crippen LogP contribution >= 0.6 is 15.9 Å². The zero-order chi connectivity index (χ0) is 16.5. The van der Waals surface area contributed by atoms with Gasteiger partial charge < -0.3 is 10.2 Å². The molecule has 0 aromatic carbocycles. The van der Waals surface area contributed by atoms with Gasteiger partial charge in [0.2, 0.25) is 0 Å². The number of nitrogens with zero attached hydrogens (tertiary/aromatic N) is 5. The van der Waals surface area contributed by atoms with Crippen LogP contribution in [0.4, 0.5) is 11.6 Å². The van der Waals surface area contributed by atoms with Crippen LogP contribution in [0.25, 0.3) is 10.9 Å². The second-order valence-corrected chi connectivity index (χ2v) is 6.90. The molecule has 0 spiro atoms. The summed E-state index contributed by atoms with van der Waals surface area (Å²) in [6, 6.07) is 6.56. The fraction of sp³-hybridized carbons (Fsp3) is 0.353. The van der Waals surface area contributed by atoms with Crippen LogP contribution in [-0.4, -0.2) is 39.9 Å². The summed E-state index contributed by atoms with van der Waals surface area (Å²) in [5.74, 6) is 1.94. The van der Waals surface area contributed by atoms with E-state index in [1.165, 1.54) is 0 Å². The van der Waals surface area contributed by atoms with E-state index in [9.17, 15) is 0 Å². The third-order valence-corrected chi connectivity index (χ3v) is 5.06. The van der Waals surface area contributed by atoms with Gasteiger partial charge in [0, 0.05) is 43.2 Å². The lowest BCUT2D eigenvalue weighted by molar-refractivity contribution is 0.376. The third kappa shape index (κ3) is 2.73. The van der Waals surface area contributed by atoms with Gasteiger partial charge in [-0.15, -0.1) is 0 Å². The van der Waals surface area contributed by atoms with E-state index in [0.717, 1.165) is 52.9 Å². The molecule has 0 bridgehead atoms. The van der Waals surface area contributed by atoms with Crippen molar-refractivity contribution in [1.29, 1.82) is 0 Å². The number of halogens is 1. The predicted octanol–water partition coefficient (Wildman–Crippen LogP) is 3.47. The van der Waals surface area contributed by atoms with E-state index < -0.39 is 0 Å². The van der Waals surface area contributed by atoms with Gasteiger partial charge >= 0.3 is 0 Å². The Morgan fingerprint density at radius 1 is 1.17 bits per heavy atom. The van der Waals surface area contributed by atoms with Gasteiger partial charge in [0.25, 0.3) is 0 Å². The minimum Gasteiger partial charge on any atom is -0.371 e. The summed E-state index contributed by atoms with van der Waals surface area (Å²) in [6.45, 7) is 1.97. The number of fused-ring (bicyclic) bond motifs is 1. The Kier molecular flexibility index (Phi) is 4.10. The molecular formula is C17H19BrN6. The highest BCUT2D eigenvalue weighted by atomic mass is 79.9. The molecule has 3 aromatic heterocycles. The van der Waals surface area contributed by atoms with E-state index in [1.54, 1.807) is 0 Å². The number of rotatable bonds is 3. The van der Waals surface area contributed by atoms with Gasteiger partial charge in [-0.2, -0.15) is 5.10 Å². The van der Waals surface area contributed by atoms with E-state index in [2.05, 4.69) is 46.9 Å². The average molecular weight is 387 g/mol. The van der Waals surface area contributed by atoms with Crippen molar-refractivity contribution < 1.29 is 0 Å². The molecular weight excluding hydrogens is 368 g/mol. The number of aromatic nitrogens is 4. The maximum absolute atomic E-state index is 4.77. The maximum Gasteiger partial charge on any atom is 0.157 e. The van der Waals surface area contributed by atoms with Crippen LogP contribution in [0.5, 0.6) is 0 Å². The van der Waals surface area contributed by atoms with E-state index in [4.69, 9.17) is 5.10 Å². The highest BCUT2D eigenvalue weighted by molar-refractivity contribution is 9.10. The lowest BCUT2D eigenvalue weighted by atomic mass is 10.0. The van der Waals surface area contributed by atoms with Gasteiger partial charge in [0.05, 0.1) is 16.9 Å². The Morgan fingerprint density at radius 3 is 2.71 bits per heavy atom. The minimum atomic E-state index is 0.406. The SMILES string of the molecule is CNc1nn(C2CCN(c3ccc(Br)cn3)CC2)c2ccncc12. The normalized spacial score (nSPS) is 15.8. The highest BCUT2D eigenvalue weighted by Gasteiger charge is 2.24. The van der Waals surface area contributed by atoms with E-state index >= 15 is 0 Å². The summed E-state index contributed by atoms with van der Waals surface area (Å²) in [5, 5.41) is 9.02. The summed E-state index contributed by atoms with van der Waals surface area (Å²) in [7, 11) is 1.90. The molecule has 4 heterocycles. The van der Waals surface area contributed by atoms with Crippen molar-refractivity contribution in [3.8, 4) is 0 Å². The first-order chi connectivity index (χ1) is 11.8. The van der Waals surface area contributed by atoms with Gasteiger partial charge in [-0.05, 0) is 47.0 Å². The zero-order valence-corrected chi connectivity index (χ0v) is 15.1. The van der Waals surface area contributed by atoms with Gasteiger partial charge in [-0.3, -0.25) is 9.67 Å². The lowest BCUT2D eigenvalue weighted by Crippen LogP contribution is -2.35. The van der Waals surface area contributed by atoms with Crippen LogP contribution in [0, 0.1) is 0 Å². The topological polar surface area (TPSA) is 58.9 Å². The first-order valence-electron chi connectivity index (χ1n) is 8.13. The van der Waals surface area contributed by atoms with Crippen molar-refractivity contribution in [2.24, 2.45) is 0 Å². The summed E-state index contributed by atoms with van der Waals surface area (Å²) in [4.78, 5) is 11.1. The predicted molar refractivity (Wildman–Crippen MR) is 99.5 cm³/mol. The van der Waals surface area contributed by atoms with Crippen LogP contribution in [0.15, 0.2) is 41.3 Å². The molecule has 1 aliphatic rings. The molecule has 1 saturated heterocycles. The monoisotopic (exact) mass is 386 g/mol. The van der Waals surface area contributed by atoms with E-state index in [1.807, 2.05) is 37.8 Å². The van der Waals surface area contributed by atoms with Crippen LogP contribution in [0.2, 0.25) is 0 Å². The number of nitrogens with one attached hydrogen (secondary N) is 1. The molecule has 0 amide bonds. The molecule has 0 atom stereocenters. The molecule has 6 nitrogen and oxygen atoms in total. The van der Waals surface area contributed by atoms with Crippen LogP contribution in [-0.2, 0) is 0 Å². The number of hydrogen-bond donors (Lipinski definition) is 1. The van der Waals surface area contributed by atoms with Gasteiger partial charge in [-0.25, -0.2) is 4.98 Å². The quantitative estimate of drug-likeness (QED) is 0.746. The average Bonchev–Trinajstić information content (AvgIpc) is 3.01. The number of piperidine rings is 1. The van der Waals surface area contributed by atoms with Crippen molar-refractivity contribution >= 4 is 38.5 Å². The molecule has 1 fully saturated rings. The summed E-state index contributed by atoms with van der Waals surface area (Å²) >= 11 is 3.44. The molecule has 24 heavy (non-hydrogen) atoms. The van der Waals surface area contributed by atoms with E-state index in [0.29, 0.717) is 6.04 Å². The highest BCUT2D eigenvalue weighted by Crippen LogP contribution is 2.30. The Bertz CT molecular complexity index is 836. The molecule has 3 aromatic rings. The lowest BCUT2D eigenvalue weighted by Gasteiger charge is -2.33. The maximum atomic E-state index is 4.77. The van der Waals surface area contributed by atoms with E-state index in [-0.39, 0.29) is 0 Å². The standard InChI is InChI=1S/C17H19BrN6/c1-19-17-14-11-20-7-4-15(14)24(22-17)13-5-8-23(9-6-13)16-3-2-12(18)10-21-16/h2-4,7,10-11,13H,5-6,8-9H2,1H3,(H,19,22). The summed E-state index contributed by atoms with van der Waals surface area (Å²) in [5.41, 5.74) is 1.15. The molecule has 1 aliphatic heterocycles. The summed E-state index contributed by atoms with van der Waals surface area (Å²) < 4.78 is 3.17. The minimum absolute atomic E-state index is 0.406. The molecule has 7 heteroatoms. The Hall–Kier alpha value is -2.15. The van der Waals surface area contributed by atoms with Crippen molar-refractivity contribution in [2.45, 2.75) is 18.9 Å².